The number of amides is 4. The van der Waals surface area contributed by atoms with Crippen LogP contribution >= 0.6 is 0 Å². The summed E-state index contributed by atoms with van der Waals surface area (Å²) in [5.74, 6) is -0.216. The average molecular weight is 1060 g/mol. The number of nitrogens with two attached hydrogens (primary N) is 1. The van der Waals surface area contributed by atoms with Crippen LogP contribution < -0.4 is 48.5 Å². The summed E-state index contributed by atoms with van der Waals surface area (Å²) in [5.41, 5.74) is 0.320. The molecule has 0 bridgehead atoms. The van der Waals surface area contributed by atoms with Crippen molar-refractivity contribution in [1.82, 2.24) is 44.6 Å². The van der Waals surface area contributed by atoms with Gasteiger partial charge in [0.2, 0.25) is 16.0 Å². The number of hydrogen-bond donors (Lipinski definition) is 3. The van der Waals surface area contributed by atoms with Crippen molar-refractivity contribution in [3.63, 3.8) is 0 Å². The Labute approximate surface area is 418 Å². The summed E-state index contributed by atoms with van der Waals surface area (Å²) < 4.78 is 90.3. The number of hydrogen-bond acceptors (Lipinski definition) is 27. The third-order valence-electron chi connectivity index (χ3n) is 8.57. The fourth-order valence-electron chi connectivity index (χ4n) is 5.42. The van der Waals surface area contributed by atoms with E-state index in [0.29, 0.717) is 18.1 Å². The minimum atomic E-state index is -4.37. The molecule has 8 rings (SSSR count). The molecule has 0 saturated heterocycles. The molecule has 6 aromatic rings. The first-order valence-electron chi connectivity index (χ1n) is 20.5. The molecule has 0 atom stereocenters. The van der Waals surface area contributed by atoms with E-state index in [-0.39, 0.29) is 87.4 Å². The monoisotopic (exact) mass is 1060 g/mol. The number of methoxy groups -OCH3 is 4. The number of sulfonamides is 2. The zero-order valence-electron chi connectivity index (χ0n) is 38.8. The lowest BCUT2D eigenvalue weighted by Crippen LogP contribution is -2.42. The van der Waals surface area contributed by atoms with E-state index in [4.69, 9.17) is 52.7 Å². The van der Waals surface area contributed by atoms with Crippen LogP contribution in [-0.4, -0.2) is 142 Å². The smallest absolute Gasteiger partial charge is 0.432 e. The second-order valence-corrected chi connectivity index (χ2v) is 16.6. The Balaban J connectivity index is 0.000000189. The predicted molar refractivity (Wildman–Crippen MR) is 249 cm³/mol. The van der Waals surface area contributed by atoms with E-state index >= 15 is 0 Å². The number of primary sulfonamides is 1. The molecule has 4 N–H and O–H groups in total. The standard InChI is InChI=1S/C19H16N4O6.C14H15N7O7S.C8H9N3O4S/c1-26-16-20-15(21-17(22-16)27-2)23(18(24)28-13-9-5-3-6-10-13)19(25)29-14-11-7-4-8-12-14;1-25-13-17-11(18-14(19-13)26-2)16-12(22)21-29(23,24)9-7-15-4-3-8(9)10-20-28-6-5-27-10;9-16(12,13)7-5-10-2-1-6(7)8-11-15-4-3-14-8/h3-12H,1-2H3;3-4,7H,5-6H2,1-2H3,(H2,16,17,18,19,21,22);1-2,5H,3-4H2,(H2,9,12,13). The van der Waals surface area contributed by atoms with E-state index in [0.717, 1.165) is 12.4 Å². The van der Waals surface area contributed by atoms with Gasteiger partial charge in [-0.25, -0.2) is 41.1 Å². The number of carbonyl (C=O) groups is 3. The van der Waals surface area contributed by atoms with Crippen LogP contribution in [0.2, 0.25) is 0 Å². The fourth-order valence-corrected chi connectivity index (χ4v) is 7.14. The summed E-state index contributed by atoms with van der Waals surface area (Å²) in [6.45, 7) is 1.07. The third-order valence-corrected chi connectivity index (χ3v) is 10.9. The van der Waals surface area contributed by atoms with E-state index in [1.54, 1.807) is 60.7 Å². The average Bonchev–Trinajstić information content (AvgIpc) is 3.41. The Morgan fingerprint density at radius 2 is 1.01 bits per heavy atom. The molecule has 0 aliphatic carbocycles. The van der Waals surface area contributed by atoms with Crippen LogP contribution in [0.15, 0.2) is 118 Å². The quantitative estimate of drug-likeness (QED) is 0.149. The van der Waals surface area contributed by atoms with Crippen molar-refractivity contribution in [2.75, 3.05) is 65.1 Å². The van der Waals surface area contributed by atoms with Gasteiger partial charge in [-0.3, -0.25) is 15.3 Å². The molecule has 2 aliphatic rings. The summed E-state index contributed by atoms with van der Waals surface area (Å²) in [4.78, 5) is 77.9. The van der Waals surface area contributed by atoms with Crippen LogP contribution in [0.5, 0.6) is 35.5 Å². The minimum Gasteiger partial charge on any atom is -0.471 e. The summed E-state index contributed by atoms with van der Waals surface area (Å²) in [7, 11) is -3.00. The van der Waals surface area contributed by atoms with Gasteiger partial charge in [0.1, 0.15) is 34.5 Å². The van der Waals surface area contributed by atoms with Gasteiger partial charge in [-0.05, 0) is 46.7 Å². The maximum absolute atomic E-state index is 12.8. The molecule has 31 nitrogen and oxygen atoms in total. The lowest BCUT2D eigenvalue weighted by molar-refractivity contribution is 0.0653. The summed E-state index contributed by atoms with van der Waals surface area (Å²) in [6.07, 6.45) is 2.77. The van der Waals surface area contributed by atoms with Gasteiger partial charge in [0, 0.05) is 24.8 Å². The number of benzene rings is 2. The van der Waals surface area contributed by atoms with E-state index in [9.17, 15) is 31.2 Å². The molecule has 4 amide bonds. The predicted octanol–water partition coefficient (Wildman–Crippen LogP) is 2.03. The number of nitrogens with one attached hydrogen (secondary N) is 2. The lowest BCUT2D eigenvalue weighted by atomic mass is 10.2. The Bertz CT molecular complexity index is 3120. The number of oxime groups is 2. The molecule has 2 aromatic carbocycles. The summed E-state index contributed by atoms with van der Waals surface area (Å²) >= 11 is 0. The zero-order chi connectivity index (χ0) is 53.1. The molecular weight excluding hydrogens is 1020 g/mol. The number of imide groups is 1. The number of urea groups is 1. The molecule has 6 heterocycles. The van der Waals surface area contributed by atoms with Gasteiger partial charge < -0.3 is 47.6 Å². The van der Waals surface area contributed by atoms with Crippen molar-refractivity contribution in [2.45, 2.75) is 9.79 Å². The van der Waals surface area contributed by atoms with Crippen LogP contribution in [0.1, 0.15) is 11.1 Å². The largest absolute Gasteiger partial charge is 0.471 e. The molecule has 4 aromatic heterocycles. The molecule has 0 spiro atoms. The van der Waals surface area contributed by atoms with Gasteiger partial charge in [0.15, 0.2) is 13.2 Å². The Morgan fingerprint density at radius 3 is 1.43 bits per heavy atom. The Kier molecular flexibility index (Phi) is 18.5. The van der Waals surface area contributed by atoms with Gasteiger partial charge in [-0.1, -0.05) is 36.4 Å². The number of nitrogens with zero attached hydrogens (tertiary/aromatic N) is 11. The van der Waals surface area contributed by atoms with E-state index < -0.39 is 44.2 Å². The Hall–Kier alpha value is -9.63. The molecule has 2 aliphatic heterocycles. The minimum absolute atomic E-state index is 0.0497. The lowest BCUT2D eigenvalue weighted by Gasteiger charge is -2.18. The highest BCUT2D eigenvalue weighted by Gasteiger charge is 2.32. The van der Waals surface area contributed by atoms with Crippen LogP contribution in [-0.2, 0) is 39.2 Å². The van der Waals surface area contributed by atoms with Crippen LogP contribution in [0, 0.1) is 0 Å². The SMILES string of the molecule is COc1nc(NC(=O)NS(=O)(=O)c2cnccc2C2=NOCCO2)nc(OC)n1.COc1nc(OC)nc(N(C(=O)Oc2ccccc2)C(=O)Oc2ccccc2)n1.NS(=O)(=O)c1cnccc1C1=NOCCO1. The number of pyridine rings is 2. The highest BCUT2D eigenvalue weighted by Crippen LogP contribution is 2.22. The number of aromatic nitrogens is 8. The number of carbonyl (C=O) groups excluding carboxylic acids is 3. The van der Waals surface area contributed by atoms with Gasteiger partial charge in [0.25, 0.3) is 27.8 Å². The highest BCUT2D eigenvalue weighted by atomic mass is 32.2. The molecule has 0 fully saturated rings. The molecule has 74 heavy (non-hydrogen) atoms. The first-order chi connectivity index (χ1) is 35.6. The number of ether oxygens (including phenoxy) is 8. The zero-order valence-corrected chi connectivity index (χ0v) is 40.5. The number of para-hydroxylation sites is 2. The first-order valence-corrected chi connectivity index (χ1v) is 23.6. The van der Waals surface area contributed by atoms with Gasteiger partial charge in [0.05, 0.1) is 39.6 Å². The van der Waals surface area contributed by atoms with Crippen LogP contribution in [0.3, 0.4) is 0 Å². The van der Waals surface area contributed by atoms with Crippen molar-refractivity contribution in [3.05, 3.63) is 109 Å². The molecule has 0 unspecified atom stereocenters. The van der Waals surface area contributed by atoms with Crippen molar-refractivity contribution < 1.29 is 78.8 Å². The maximum atomic E-state index is 12.8. The molecular formula is C41H40N14O17S2. The molecule has 388 valence electrons. The van der Waals surface area contributed by atoms with E-state index in [1.165, 1.54) is 53.0 Å². The number of anilines is 2. The van der Waals surface area contributed by atoms with Crippen molar-refractivity contribution in [3.8, 4) is 35.5 Å². The maximum Gasteiger partial charge on any atom is 0.432 e. The summed E-state index contributed by atoms with van der Waals surface area (Å²) in [6, 6.07) is 17.4. The van der Waals surface area contributed by atoms with Gasteiger partial charge in [-0.2, -0.15) is 19.9 Å². The summed E-state index contributed by atoms with van der Waals surface area (Å²) in [5, 5.41) is 14.5. The van der Waals surface area contributed by atoms with Crippen LogP contribution in [0.25, 0.3) is 0 Å². The number of rotatable bonds is 13. The normalized spacial score (nSPS) is 12.6. The molecule has 0 saturated carbocycles. The van der Waals surface area contributed by atoms with Gasteiger partial charge >= 0.3 is 42.3 Å². The second kappa shape index (κ2) is 25.5. The van der Waals surface area contributed by atoms with Crippen molar-refractivity contribution >= 4 is 62.0 Å². The molecule has 0 radical (unpaired) electrons. The third kappa shape index (κ3) is 14.9. The molecule has 33 heteroatoms. The fraction of sp³-hybridized carbons (Fsp3) is 0.195. The van der Waals surface area contributed by atoms with Gasteiger partial charge in [-0.15, -0.1) is 14.9 Å². The van der Waals surface area contributed by atoms with Crippen LogP contribution in [0.4, 0.5) is 26.3 Å². The van der Waals surface area contributed by atoms with E-state index in [1.807, 2.05) is 4.72 Å². The topological polar surface area (TPSA) is 393 Å². The second-order valence-electron chi connectivity index (χ2n) is 13.4. The van der Waals surface area contributed by atoms with Crippen molar-refractivity contribution in [1.29, 1.82) is 0 Å². The highest BCUT2D eigenvalue weighted by molar-refractivity contribution is 7.90. The Morgan fingerprint density at radius 1 is 0.581 bits per heavy atom. The van der Waals surface area contributed by atoms with E-state index in [2.05, 4.69) is 55.5 Å². The first kappa shape index (κ1) is 53.7. The van der Waals surface area contributed by atoms with Crippen molar-refractivity contribution in [2.24, 2.45) is 15.5 Å².